The van der Waals surface area contributed by atoms with Crippen molar-refractivity contribution in [3.05, 3.63) is 24.2 Å². The zero-order valence-electron chi connectivity index (χ0n) is 14.1. The van der Waals surface area contributed by atoms with Crippen LogP contribution in [-0.2, 0) is 14.3 Å². The largest absolute Gasteiger partial charge is 0.467 e. The molecule has 23 heavy (non-hydrogen) atoms. The molecule has 128 valence electrons. The Morgan fingerprint density at radius 2 is 2.17 bits per heavy atom. The molecule has 5 nitrogen and oxygen atoms in total. The van der Waals surface area contributed by atoms with Gasteiger partial charge in [0.25, 0.3) is 5.91 Å². The first-order valence-electron chi connectivity index (χ1n) is 8.75. The lowest BCUT2D eigenvalue weighted by Crippen LogP contribution is -2.43. The first kappa shape index (κ1) is 16.5. The minimum absolute atomic E-state index is 0.0483. The van der Waals surface area contributed by atoms with Crippen LogP contribution in [0.1, 0.15) is 57.8 Å². The van der Waals surface area contributed by atoms with Gasteiger partial charge in [-0.3, -0.25) is 4.79 Å². The van der Waals surface area contributed by atoms with Gasteiger partial charge in [-0.15, -0.1) is 0 Å². The van der Waals surface area contributed by atoms with Gasteiger partial charge in [-0.1, -0.05) is 0 Å². The SMILES string of the molecule is CC(OCC1CCCCO1)C(=O)N(C1CC1)C(C)c1ccco1. The quantitative estimate of drug-likeness (QED) is 0.773. The van der Waals surface area contributed by atoms with Crippen LogP contribution >= 0.6 is 0 Å². The Morgan fingerprint density at radius 3 is 2.78 bits per heavy atom. The van der Waals surface area contributed by atoms with Gasteiger partial charge in [-0.25, -0.2) is 0 Å². The highest BCUT2D eigenvalue weighted by molar-refractivity contribution is 5.81. The molecule has 1 saturated heterocycles. The number of carbonyl (C=O) groups excluding carboxylic acids is 1. The molecule has 1 amide bonds. The van der Waals surface area contributed by atoms with Crippen LogP contribution in [0.25, 0.3) is 0 Å². The lowest BCUT2D eigenvalue weighted by atomic mass is 10.1. The molecule has 3 rings (SSSR count). The fourth-order valence-corrected chi connectivity index (χ4v) is 3.18. The molecule has 0 radical (unpaired) electrons. The molecule has 1 saturated carbocycles. The van der Waals surface area contributed by atoms with Crippen molar-refractivity contribution < 1.29 is 18.7 Å². The van der Waals surface area contributed by atoms with E-state index in [1.54, 1.807) is 6.26 Å². The number of ether oxygens (including phenoxy) is 2. The molecular formula is C18H27NO4. The van der Waals surface area contributed by atoms with Crippen LogP contribution in [0, 0.1) is 0 Å². The molecule has 0 N–H and O–H groups in total. The minimum Gasteiger partial charge on any atom is -0.467 e. The molecule has 3 atom stereocenters. The molecule has 2 fully saturated rings. The standard InChI is InChI=1S/C18H27NO4/c1-13(17-7-5-11-22-17)19(15-8-9-15)18(20)14(2)23-12-16-6-3-4-10-21-16/h5,7,11,13-16H,3-4,6,8-10,12H2,1-2H3. The summed E-state index contributed by atoms with van der Waals surface area (Å²) in [5.74, 6) is 0.875. The number of rotatable bonds is 7. The summed E-state index contributed by atoms with van der Waals surface area (Å²) in [5.41, 5.74) is 0. The number of amides is 1. The highest BCUT2D eigenvalue weighted by atomic mass is 16.5. The van der Waals surface area contributed by atoms with Crippen molar-refractivity contribution in [1.29, 1.82) is 0 Å². The van der Waals surface area contributed by atoms with Crippen LogP contribution < -0.4 is 0 Å². The van der Waals surface area contributed by atoms with Gasteiger partial charge in [0.15, 0.2) is 0 Å². The van der Waals surface area contributed by atoms with E-state index < -0.39 is 6.10 Å². The molecule has 0 bridgehead atoms. The van der Waals surface area contributed by atoms with Crippen LogP contribution in [0.15, 0.2) is 22.8 Å². The number of hydrogen-bond acceptors (Lipinski definition) is 4. The summed E-state index contributed by atoms with van der Waals surface area (Å²) < 4.78 is 17.0. The van der Waals surface area contributed by atoms with E-state index in [0.717, 1.165) is 38.1 Å². The maximum absolute atomic E-state index is 12.9. The summed E-state index contributed by atoms with van der Waals surface area (Å²) in [7, 11) is 0. The van der Waals surface area contributed by atoms with E-state index in [0.29, 0.717) is 12.6 Å². The lowest BCUT2D eigenvalue weighted by molar-refractivity contribution is -0.149. The van der Waals surface area contributed by atoms with E-state index in [-0.39, 0.29) is 18.1 Å². The van der Waals surface area contributed by atoms with Crippen LogP contribution in [-0.4, -0.2) is 42.3 Å². The zero-order valence-corrected chi connectivity index (χ0v) is 14.1. The second-order valence-corrected chi connectivity index (χ2v) is 6.63. The fraction of sp³-hybridized carbons (Fsp3) is 0.722. The molecule has 0 aromatic carbocycles. The Morgan fingerprint density at radius 1 is 1.35 bits per heavy atom. The van der Waals surface area contributed by atoms with Crippen molar-refractivity contribution in [3.63, 3.8) is 0 Å². The van der Waals surface area contributed by atoms with E-state index in [4.69, 9.17) is 13.9 Å². The number of hydrogen-bond donors (Lipinski definition) is 0. The van der Waals surface area contributed by atoms with Crippen molar-refractivity contribution in [1.82, 2.24) is 4.90 Å². The summed E-state index contributed by atoms with van der Waals surface area (Å²) in [4.78, 5) is 14.8. The molecule has 5 heteroatoms. The fourth-order valence-electron chi connectivity index (χ4n) is 3.18. The van der Waals surface area contributed by atoms with Gasteiger partial charge in [0.1, 0.15) is 11.9 Å². The number of furan rings is 1. The maximum atomic E-state index is 12.9. The van der Waals surface area contributed by atoms with Crippen LogP contribution in [0.2, 0.25) is 0 Å². The smallest absolute Gasteiger partial charge is 0.252 e. The van der Waals surface area contributed by atoms with Crippen LogP contribution in [0.5, 0.6) is 0 Å². The molecule has 1 aliphatic carbocycles. The van der Waals surface area contributed by atoms with Crippen molar-refractivity contribution in [2.24, 2.45) is 0 Å². The summed E-state index contributed by atoms with van der Waals surface area (Å²) >= 11 is 0. The first-order valence-corrected chi connectivity index (χ1v) is 8.75. The summed E-state index contributed by atoms with van der Waals surface area (Å²) in [6.07, 6.45) is 6.80. The van der Waals surface area contributed by atoms with E-state index in [1.807, 2.05) is 30.9 Å². The normalized spacial score (nSPS) is 24.2. The zero-order chi connectivity index (χ0) is 16.2. The predicted octanol–water partition coefficient (Wildman–Crippen LogP) is 3.31. The van der Waals surface area contributed by atoms with Gasteiger partial charge in [-0.05, 0) is 58.1 Å². The highest BCUT2D eigenvalue weighted by Crippen LogP contribution is 2.35. The Labute approximate surface area is 137 Å². The second kappa shape index (κ2) is 7.49. The molecule has 0 spiro atoms. The van der Waals surface area contributed by atoms with Crippen LogP contribution in [0.3, 0.4) is 0 Å². The Hall–Kier alpha value is -1.33. The van der Waals surface area contributed by atoms with E-state index in [9.17, 15) is 4.79 Å². The van der Waals surface area contributed by atoms with Crippen LogP contribution in [0.4, 0.5) is 0 Å². The third-order valence-corrected chi connectivity index (χ3v) is 4.72. The van der Waals surface area contributed by atoms with Gasteiger partial charge in [0, 0.05) is 12.6 Å². The molecule has 1 aromatic heterocycles. The molecule has 1 aromatic rings. The Kier molecular flexibility index (Phi) is 5.38. The monoisotopic (exact) mass is 321 g/mol. The van der Waals surface area contributed by atoms with E-state index in [1.165, 1.54) is 6.42 Å². The topological polar surface area (TPSA) is 51.9 Å². The summed E-state index contributed by atoms with van der Waals surface area (Å²) in [6, 6.07) is 4.05. The highest BCUT2D eigenvalue weighted by Gasteiger charge is 2.39. The van der Waals surface area contributed by atoms with E-state index in [2.05, 4.69) is 0 Å². The number of nitrogens with zero attached hydrogens (tertiary/aromatic N) is 1. The van der Waals surface area contributed by atoms with Crippen molar-refractivity contribution in [2.75, 3.05) is 13.2 Å². The van der Waals surface area contributed by atoms with Gasteiger partial charge >= 0.3 is 0 Å². The van der Waals surface area contributed by atoms with E-state index >= 15 is 0 Å². The average molecular weight is 321 g/mol. The Bertz CT molecular complexity index is 491. The summed E-state index contributed by atoms with van der Waals surface area (Å²) in [5, 5.41) is 0. The molecule has 1 aliphatic heterocycles. The molecule has 3 unspecified atom stereocenters. The van der Waals surface area contributed by atoms with Crippen molar-refractivity contribution in [2.45, 2.75) is 70.2 Å². The maximum Gasteiger partial charge on any atom is 0.252 e. The first-order chi connectivity index (χ1) is 11.2. The second-order valence-electron chi connectivity index (χ2n) is 6.63. The average Bonchev–Trinajstić information content (AvgIpc) is 3.25. The van der Waals surface area contributed by atoms with Gasteiger partial charge in [-0.2, -0.15) is 0 Å². The molecule has 2 heterocycles. The van der Waals surface area contributed by atoms with Gasteiger partial charge in [0.05, 0.1) is 25.0 Å². The third kappa shape index (κ3) is 4.15. The van der Waals surface area contributed by atoms with Gasteiger partial charge < -0.3 is 18.8 Å². The summed E-state index contributed by atoms with van der Waals surface area (Å²) in [6.45, 7) is 5.17. The third-order valence-electron chi connectivity index (χ3n) is 4.72. The minimum atomic E-state index is -0.446. The Balaban J connectivity index is 1.57. The van der Waals surface area contributed by atoms with Gasteiger partial charge in [0.2, 0.25) is 0 Å². The lowest BCUT2D eigenvalue weighted by Gasteiger charge is -2.31. The van der Waals surface area contributed by atoms with Crippen molar-refractivity contribution in [3.8, 4) is 0 Å². The number of carbonyl (C=O) groups is 1. The predicted molar refractivity (Wildman–Crippen MR) is 86.0 cm³/mol. The van der Waals surface area contributed by atoms with Crippen molar-refractivity contribution >= 4 is 5.91 Å². The molecule has 2 aliphatic rings. The molecular weight excluding hydrogens is 294 g/mol.